The fraction of sp³-hybridized carbons (Fsp3) is 0.375. The molecule has 0 aliphatic carbocycles. The van der Waals surface area contributed by atoms with E-state index in [0.29, 0.717) is 24.2 Å². The molecule has 32 heavy (non-hydrogen) atoms. The van der Waals surface area contributed by atoms with E-state index in [4.69, 9.17) is 9.47 Å². The van der Waals surface area contributed by atoms with Gasteiger partial charge < -0.3 is 14.8 Å². The first kappa shape index (κ1) is 23.7. The number of anilines is 1. The Bertz CT molecular complexity index is 1140. The Morgan fingerprint density at radius 3 is 2.56 bits per heavy atom. The van der Waals surface area contributed by atoms with Gasteiger partial charge in [0, 0.05) is 18.2 Å². The predicted molar refractivity (Wildman–Crippen MR) is 126 cm³/mol. The third kappa shape index (κ3) is 4.75. The zero-order chi connectivity index (χ0) is 23.5. The Balaban J connectivity index is 2.02. The number of para-hydroxylation sites is 1. The second-order valence-electron chi connectivity index (χ2n) is 8.27. The smallest absolute Gasteiger partial charge is 0.268 e. The molecule has 172 valence electrons. The predicted octanol–water partition coefficient (Wildman–Crippen LogP) is 3.77. The molecular formula is C24H30N2O5S. The molecule has 2 aromatic carbocycles. The maximum atomic E-state index is 13.6. The van der Waals surface area contributed by atoms with E-state index >= 15 is 0 Å². The Morgan fingerprint density at radius 2 is 1.91 bits per heavy atom. The monoisotopic (exact) mass is 458 g/mol. The number of benzene rings is 2. The van der Waals surface area contributed by atoms with Crippen LogP contribution in [0.15, 0.2) is 47.4 Å². The molecule has 2 aromatic rings. The van der Waals surface area contributed by atoms with Crippen molar-refractivity contribution < 1.29 is 22.7 Å². The number of nitrogens with zero attached hydrogens (tertiary/aromatic N) is 1. The molecule has 8 heteroatoms. The van der Waals surface area contributed by atoms with Crippen molar-refractivity contribution in [3.8, 4) is 11.5 Å². The third-order valence-electron chi connectivity index (χ3n) is 5.65. The van der Waals surface area contributed by atoms with Crippen LogP contribution in [0.25, 0.3) is 6.08 Å². The highest BCUT2D eigenvalue weighted by Crippen LogP contribution is 2.40. The molecule has 7 nitrogen and oxygen atoms in total. The first-order chi connectivity index (χ1) is 15.1. The highest BCUT2D eigenvalue weighted by atomic mass is 32.2. The topological polar surface area (TPSA) is 84.9 Å². The van der Waals surface area contributed by atoms with E-state index in [1.165, 1.54) is 30.7 Å². The van der Waals surface area contributed by atoms with Crippen molar-refractivity contribution >= 4 is 27.7 Å². The molecule has 1 aliphatic heterocycles. The highest BCUT2D eigenvalue weighted by molar-refractivity contribution is 7.93. The molecule has 0 radical (unpaired) electrons. The van der Waals surface area contributed by atoms with Crippen LogP contribution in [0.4, 0.5) is 5.69 Å². The van der Waals surface area contributed by atoms with Gasteiger partial charge in [-0.15, -0.1) is 0 Å². The molecular weight excluding hydrogens is 428 g/mol. The molecule has 0 spiro atoms. The van der Waals surface area contributed by atoms with E-state index in [2.05, 4.69) is 5.32 Å². The van der Waals surface area contributed by atoms with Gasteiger partial charge in [0.25, 0.3) is 10.0 Å². The van der Waals surface area contributed by atoms with Crippen molar-refractivity contribution in [1.29, 1.82) is 0 Å². The summed E-state index contributed by atoms with van der Waals surface area (Å²) in [7, 11) is -1.07. The molecule has 0 saturated heterocycles. The van der Waals surface area contributed by atoms with Crippen molar-refractivity contribution in [2.75, 3.05) is 25.1 Å². The fourth-order valence-electron chi connectivity index (χ4n) is 3.55. The summed E-state index contributed by atoms with van der Waals surface area (Å²) in [6.07, 6.45) is 4.38. The summed E-state index contributed by atoms with van der Waals surface area (Å²) in [5.41, 5.74) is 1.82. The van der Waals surface area contributed by atoms with Crippen molar-refractivity contribution in [1.82, 2.24) is 5.32 Å². The Morgan fingerprint density at radius 1 is 1.19 bits per heavy atom. The number of rotatable bonds is 8. The van der Waals surface area contributed by atoms with Gasteiger partial charge in [0.05, 0.1) is 19.9 Å². The number of hydrogen-bond donors (Lipinski definition) is 1. The summed E-state index contributed by atoms with van der Waals surface area (Å²) >= 11 is 0. The quantitative estimate of drug-likeness (QED) is 0.609. The van der Waals surface area contributed by atoms with Crippen LogP contribution in [-0.4, -0.2) is 40.6 Å². The van der Waals surface area contributed by atoms with Crippen LogP contribution in [0, 0.1) is 0 Å². The lowest BCUT2D eigenvalue weighted by atomic mass is 10.0. The minimum atomic E-state index is -3.93. The summed E-state index contributed by atoms with van der Waals surface area (Å²) in [5, 5.41) is 2.92. The molecule has 1 aliphatic rings. The summed E-state index contributed by atoms with van der Waals surface area (Å²) in [6.45, 7) is 6.22. The lowest BCUT2D eigenvalue weighted by Crippen LogP contribution is -2.41. The van der Waals surface area contributed by atoms with Gasteiger partial charge in [0.15, 0.2) is 11.5 Å². The van der Waals surface area contributed by atoms with Crippen LogP contribution >= 0.6 is 0 Å². The third-order valence-corrected chi connectivity index (χ3v) is 7.47. The van der Waals surface area contributed by atoms with Gasteiger partial charge in [-0.25, -0.2) is 8.42 Å². The lowest BCUT2D eigenvalue weighted by Gasteiger charge is -2.23. The van der Waals surface area contributed by atoms with Crippen LogP contribution < -0.4 is 19.1 Å². The Hall–Kier alpha value is -3.00. The Labute approximate surface area is 190 Å². The lowest BCUT2D eigenvalue weighted by molar-refractivity contribution is -0.118. The Kier molecular flexibility index (Phi) is 6.83. The van der Waals surface area contributed by atoms with Gasteiger partial charge in [0.2, 0.25) is 5.91 Å². The molecule has 1 heterocycles. The molecule has 0 bridgehead atoms. The van der Waals surface area contributed by atoms with Crippen LogP contribution in [0.2, 0.25) is 0 Å². The van der Waals surface area contributed by atoms with Crippen LogP contribution in [0.1, 0.15) is 38.3 Å². The van der Waals surface area contributed by atoms with Gasteiger partial charge in [0.1, 0.15) is 4.90 Å². The van der Waals surface area contributed by atoms with E-state index in [0.717, 1.165) is 12.0 Å². The van der Waals surface area contributed by atoms with Crippen molar-refractivity contribution in [3.05, 3.63) is 53.6 Å². The maximum absolute atomic E-state index is 13.6. The number of hydrogen-bond acceptors (Lipinski definition) is 5. The largest absolute Gasteiger partial charge is 0.493 e. The fourth-order valence-corrected chi connectivity index (χ4v) is 5.26. The SMILES string of the molecule is CCC(C)(C)NC(=O)/C=C/c1cc(OC)c(OC)c(S(=O)(=O)N2CCc3ccccc32)c1. The van der Waals surface area contributed by atoms with E-state index < -0.39 is 10.0 Å². The molecule has 0 aromatic heterocycles. The second kappa shape index (κ2) is 9.24. The molecule has 1 amide bonds. The molecule has 0 fully saturated rings. The zero-order valence-corrected chi connectivity index (χ0v) is 20.0. The molecule has 0 unspecified atom stereocenters. The normalized spacial score (nSPS) is 13.8. The van der Waals surface area contributed by atoms with E-state index in [-0.39, 0.29) is 27.8 Å². The number of ether oxygens (including phenoxy) is 2. The van der Waals surface area contributed by atoms with Gasteiger partial charge >= 0.3 is 0 Å². The van der Waals surface area contributed by atoms with E-state index in [1.807, 2.05) is 39.0 Å². The number of nitrogens with one attached hydrogen (secondary N) is 1. The number of sulfonamides is 1. The van der Waals surface area contributed by atoms with Crippen molar-refractivity contribution in [2.24, 2.45) is 0 Å². The minimum absolute atomic E-state index is 0.00926. The molecule has 0 saturated carbocycles. The molecule has 0 atom stereocenters. The number of methoxy groups -OCH3 is 2. The van der Waals surface area contributed by atoms with Gasteiger partial charge in [-0.2, -0.15) is 0 Å². The zero-order valence-electron chi connectivity index (χ0n) is 19.1. The van der Waals surface area contributed by atoms with Gasteiger partial charge in [-0.3, -0.25) is 9.10 Å². The molecule has 3 rings (SSSR count). The van der Waals surface area contributed by atoms with Crippen LogP contribution in [-0.2, 0) is 21.2 Å². The summed E-state index contributed by atoms with van der Waals surface area (Å²) in [5.74, 6) is 0.144. The van der Waals surface area contributed by atoms with Gasteiger partial charge in [-0.05, 0) is 62.1 Å². The minimum Gasteiger partial charge on any atom is -0.493 e. The first-order valence-corrected chi connectivity index (χ1v) is 11.9. The van der Waals surface area contributed by atoms with Crippen molar-refractivity contribution in [2.45, 2.75) is 44.0 Å². The molecule has 1 N–H and O–H groups in total. The van der Waals surface area contributed by atoms with E-state index in [1.54, 1.807) is 18.2 Å². The average Bonchev–Trinajstić information content (AvgIpc) is 3.21. The summed E-state index contributed by atoms with van der Waals surface area (Å²) in [6, 6.07) is 10.6. The standard InChI is InChI=1S/C24H30N2O5S/c1-6-24(2,3)25-22(27)12-11-17-15-20(30-4)23(31-5)21(16-17)32(28,29)26-14-13-18-9-7-8-10-19(18)26/h7-12,15-16H,6,13-14H2,1-5H3,(H,25,27)/b12-11+. The number of carbonyl (C=O) groups is 1. The number of amides is 1. The highest BCUT2D eigenvalue weighted by Gasteiger charge is 2.34. The second-order valence-corrected chi connectivity index (χ2v) is 10.1. The number of fused-ring (bicyclic) bond motifs is 1. The first-order valence-electron chi connectivity index (χ1n) is 10.5. The van der Waals surface area contributed by atoms with Crippen molar-refractivity contribution in [3.63, 3.8) is 0 Å². The van der Waals surface area contributed by atoms with Crippen LogP contribution in [0.3, 0.4) is 0 Å². The van der Waals surface area contributed by atoms with Gasteiger partial charge in [-0.1, -0.05) is 25.1 Å². The van der Waals surface area contributed by atoms with Crippen LogP contribution in [0.5, 0.6) is 11.5 Å². The average molecular weight is 459 g/mol. The van der Waals surface area contributed by atoms with E-state index in [9.17, 15) is 13.2 Å². The summed E-state index contributed by atoms with van der Waals surface area (Å²) < 4.78 is 39.5. The summed E-state index contributed by atoms with van der Waals surface area (Å²) in [4.78, 5) is 12.3. The maximum Gasteiger partial charge on any atom is 0.268 e. The number of carbonyl (C=O) groups excluding carboxylic acids is 1.